The zero-order chi connectivity index (χ0) is 13.4. The van der Waals surface area contributed by atoms with Crippen molar-refractivity contribution in [1.82, 2.24) is 5.43 Å². The lowest BCUT2D eigenvalue weighted by atomic mass is 9.74. The van der Waals surface area contributed by atoms with Gasteiger partial charge in [-0.25, -0.2) is 5.43 Å². The number of hydrazone groups is 1. The molecule has 2 aliphatic rings. The van der Waals surface area contributed by atoms with Crippen molar-refractivity contribution in [3.05, 3.63) is 35.9 Å². The number of phenols is 2. The highest BCUT2D eigenvalue weighted by atomic mass is 16.3. The van der Waals surface area contributed by atoms with Crippen LogP contribution in [0.5, 0.6) is 11.5 Å². The van der Waals surface area contributed by atoms with E-state index in [-0.39, 0.29) is 17.1 Å². The minimum Gasteiger partial charge on any atom is -0.508 e. The lowest BCUT2D eigenvalue weighted by molar-refractivity contribution is 0.0951. The Bertz CT molecular complexity index is 592. The minimum atomic E-state index is -0.518. The highest BCUT2D eigenvalue weighted by Crippen LogP contribution is 2.40. The number of amides is 1. The van der Waals surface area contributed by atoms with Crippen molar-refractivity contribution < 1.29 is 15.0 Å². The molecule has 3 rings (SSSR count). The molecule has 98 valence electrons. The zero-order valence-corrected chi connectivity index (χ0v) is 10.2. The molecular formula is C14H14N2O3. The fraction of sp³-hybridized carbons (Fsp3) is 0.286. The molecule has 0 heterocycles. The third kappa shape index (κ3) is 2.07. The van der Waals surface area contributed by atoms with Gasteiger partial charge in [0, 0.05) is 11.6 Å². The lowest BCUT2D eigenvalue weighted by Gasteiger charge is -2.31. The van der Waals surface area contributed by atoms with Gasteiger partial charge in [0.05, 0.1) is 5.56 Å². The van der Waals surface area contributed by atoms with E-state index in [9.17, 15) is 15.0 Å². The van der Waals surface area contributed by atoms with Crippen molar-refractivity contribution in [2.45, 2.75) is 12.8 Å². The number of aromatic hydroxyl groups is 2. The summed E-state index contributed by atoms with van der Waals surface area (Å²) in [6.07, 6.45) is 6.19. The topological polar surface area (TPSA) is 81.9 Å². The van der Waals surface area contributed by atoms with Crippen LogP contribution in [0.1, 0.15) is 23.2 Å². The molecule has 0 radical (unpaired) electrons. The first kappa shape index (κ1) is 11.8. The fourth-order valence-electron chi connectivity index (χ4n) is 2.55. The second-order valence-corrected chi connectivity index (χ2v) is 4.88. The van der Waals surface area contributed by atoms with Gasteiger partial charge < -0.3 is 10.2 Å². The summed E-state index contributed by atoms with van der Waals surface area (Å²) in [5.74, 6) is 0.238. The molecule has 2 unspecified atom stereocenters. The normalized spacial score (nSPS) is 26.0. The van der Waals surface area contributed by atoms with Crippen molar-refractivity contribution in [1.29, 1.82) is 0 Å². The van der Waals surface area contributed by atoms with Gasteiger partial charge in [0.15, 0.2) is 0 Å². The number of allylic oxidation sites excluding steroid dienone is 2. The molecule has 0 bridgehead atoms. The van der Waals surface area contributed by atoms with Gasteiger partial charge in [-0.2, -0.15) is 5.10 Å². The van der Waals surface area contributed by atoms with Gasteiger partial charge in [0.1, 0.15) is 11.5 Å². The summed E-state index contributed by atoms with van der Waals surface area (Å²) >= 11 is 0. The number of phenolic OH excluding ortho intramolecular Hbond substituents is 2. The van der Waals surface area contributed by atoms with Gasteiger partial charge in [-0.15, -0.1) is 0 Å². The number of benzene rings is 1. The Kier molecular flexibility index (Phi) is 2.74. The van der Waals surface area contributed by atoms with Crippen molar-refractivity contribution in [3.8, 4) is 11.5 Å². The van der Waals surface area contributed by atoms with Crippen molar-refractivity contribution in [2.24, 2.45) is 16.9 Å². The Hall–Kier alpha value is -2.30. The molecule has 0 saturated heterocycles. The summed E-state index contributed by atoms with van der Waals surface area (Å²) < 4.78 is 0. The lowest BCUT2D eigenvalue weighted by Crippen LogP contribution is -2.35. The zero-order valence-electron chi connectivity index (χ0n) is 10.2. The van der Waals surface area contributed by atoms with Gasteiger partial charge in [-0.05, 0) is 37.0 Å². The highest BCUT2D eigenvalue weighted by Gasteiger charge is 2.38. The summed E-state index contributed by atoms with van der Waals surface area (Å²) in [4.78, 5) is 11.8. The molecule has 19 heavy (non-hydrogen) atoms. The van der Waals surface area contributed by atoms with E-state index in [1.165, 1.54) is 18.2 Å². The number of carbonyl (C=O) groups is 1. The second kappa shape index (κ2) is 4.42. The van der Waals surface area contributed by atoms with Crippen molar-refractivity contribution >= 4 is 11.6 Å². The average molecular weight is 258 g/mol. The number of carbonyl (C=O) groups excluding carboxylic acids is 1. The van der Waals surface area contributed by atoms with E-state index < -0.39 is 5.91 Å². The molecule has 0 spiro atoms. The van der Waals surface area contributed by atoms with E-state index in [0.29, 0.717) is 11.8 Å². The molecular weight excluding hydrogens is 244 g/mol. The first-order chi connectivity index (χ1) is 9.15. The summed E-state index contributed by atoms with van der Waals surface area (Å²) in [6.45, 7) is 0. The van der Waals surface area contributed by atoms with Crippen LogP contribution in [-0.4, -0.2) is 21.8 Å². The SMILES string of the molecule is O=C(N/N=C1/CC2C=CCC12)c1cc(O)ccc1O. The highest BCUT2D eigenvalue weighted by molar-refractivity contribution is 5.99. The van der Waals surface area contributed by atoms with E-state index in [1.807, 2.05) is 0 Å². The third-order valence-corrected chi connectivity index (χ3v) is 3.69. The van der Waals surface area contributed by atoms with Crippen molar-refractivity contribution in [2.75, 3.05) is 0 Å². The predicted molar refractivity (Wildman–Crippen MR) is 70.0 cm³/mol. The Morgan fingerprint density at radius 2 is 2.21 bits per heavy atom. The first-order valence-electron chi connectivity index (χ1n) is 6.20. The number of fused-ring (bicyclic) bond motifs is 1. The van der Waals surface area contributed by atoms with Gasteiger partial charge in [0.25, 0.3) is 5.91 Å². The number of nitrogens with zero attached hydrogens (tertiary/aromatic N) is 1. The molecule has 5 nitrogen and oxygen atoms in total. The van der Waals surface area contributed by atoms with Crippen LogP contribution in [-0.2, 0) is 0 Å². The van der Waals surface area contributed by atoms with E-state index in [4.69, 9.17) is 0 Å². The maximum absolute atomic E-state index is 11.8. The quantitative estimate of drug-likeness (QED) is 0.429. The van der Waals surface area contributed by atoms with E-state index in [0.717, 1.165) is 18.6 Å². The maximum atomic E-state index is 11.8. The van der Waals surface area contributed by atoms with Gasteiger partial charge in [0.2, 0.25) is 0 Å². The Morgan fingerprint density at radius 1 is 1.37 bits per heavy atom. The largest absolute Gasteiger partial charge is 0.508 e. The van der Waals surface area contributed by atoms with E-state index in [1.54, 1.807) is 0 Å². The van der Waals surface area contributed by atoms with Crippen LogP contribution in [0.2, 0.25) is 0 Å². The van der Waals surface area contributed by atoms with Crippen LogP contribution >= 0.6 is 0 Å². The summed E-state index contributed by atoms with van der Waals surface area (Å²) in [5, 5.41) is 23.0. The Morgan fingerprint density at radius 3 is 3.00 bits per heavy atom. The minimum absolute atomic E-state index is 0.0183. The molecule has 0 aromatic heterocycles. The molecule has 1 amide bonds. The number of hydrogen-bond donors (Lipinski definition) is 3. The molecule has 3 N–H and O–H groups in total. The van der Waals surface area contributed by atoms with Crippen LogP contribution in [0.25, 0.3) is 0 Å². The molecule has 1 fully saturated rings. The van der Waals surface area contributed by atoms with E-state index >= 15 is 0 Å². The van der Waals surface area contributed by atoms with Gasteiger partial charge >= 0.3 is 0 Å². The second-order valence-electron chi connectivity index (χ2n) is 4.88. The standard InChI is InChI=1S/C14H14N2O3/c17-9-4-5-13(18)11(7-9)14(19)16-15-12-6-8-2-1-3-10(8)12/h1-2,4-5,7-8,10,17-18H,3,6H2,(H,16,19)/b15-12-. The average Bonchev–Trinajstić information content (AvgIpc) is 2.74. The molecule has 2 atom stereocenters. The van der Waals surface area contributed by atoms with Crippen molar-refractivity contribution in [3.63, 3.8) is 0 Å². The molecule has 5 heteroatoms. The van der Waals surface area contributed by atoms with Crippen LogP contribution in [0.15, 0.2) is 35.5 Å². The summed E-state index contributed by atoms with van der Waals surface area (Å²) in [5.41, 5.74) is 3.44. The monoisotopic (exact) mass is 258 g/mol. The molecule has 1 aromatic carbocycles. The van der Waals surface area contributed by atoms with Crippen LogP contribution in [0.3, 0.4) is 0 Å². The smallest absolute Gasteiger partial charge is 0.275 e. The number of nitrogens with one attached hydrogen (secondary N) is 1. The fourth-order valence-corrected chi connectivity index (χ4v) is 2.55. The van der Waals surface area contributed by atoms with Crippen LogP contribution < -0.4 is 5.43 Å². The number of rotatable bonds is 2. The Labute approximate surface area is 110 Å². The maximum Gasteiger partial charge on any atom is 0.275 e. The summed E-state index contributed by atoms with van der Waals surface area (Å²) in [7, 11) is 0. The predicted octanol–water partition coefficient (Wildman–Crippen LogP) is 1.78. The van der Waals surface area contributed by atoms with Gasteiger partial charge in [-0.3, -0.25) is 4.79 Å². The Balaban J connectivity index is 1.69. The molecule has 1 aromatic rings. The molecule has 0 aliphatic heterocycles. The van der Waals surface area contributed by atoms with E-state index in [2.05, 4.69) is 22.7 Å². The molecule has 1 saturated carbocycles. The van der Waals surface area contributed by atoms with Crippen LogP contribution in [0.4, 0.5) is 0 Å². The first-order valence-corrected chi connectivity index (χ1v) is 6.20. The summed E-state index contributed by atoms with van der Waals surface area (Å²) in [6, 6.07) is 3.81. The molecule has 2 aliphatic carbocycles. The third-order valence-electron chi connectivity index (χ3n) is 3.69. The van der Waals surface area contributed by atoms with Crippen LogP contribution in [0, 0.1) is 11.8 Å². The van der Waals surface area contributed by atoms with Gasteiger partial charge in [-0.1, -0.05) is 12.2 Å². The number of hydrogen-bond acceptors (Lipinski definition) is 4.